The third-order valence-electron chi connectivity index (χ3n) is 2.38. The zero-order chi connectivity index (χ0) is 12.4. The first-order chi connectivity index (χ1) is 8.06. The summed E-state index contributed by atoms with van der Waals surface area (Å²) in [7, 11) is 0. The lowest BCUT2D eigenvalue weighted by atomic mass is 10.2. The van der Waals surface area contributed by atoms with Crippen LogP contribution in [0.3, 0.4) is 0 Å². The lowest BCUT2D eigenvalue weighted by molar-refractivity contribution is 0.102. The summed E-state index contributed by atoms with van der Waals surface area (Å²) in [4.78, 5) is 11.8. The van der Waals surface area contributed by atoms with Crippen LogP contribution in [-0.4, -0.2) is 16.1 Å². The average Bonchev–Trinajstić information content (AvgIpc) is 2.69. The Morgan fingerprint density at radius 3 is 2.71 bits per heavy atom. The van der Waals surface area contributed by atoms with Crippen molar-refractivity contribution in [1.29, 1.82) is 0 Å². The van der Waals surface area contributed by atoms with E-state index in [-0.39, 0.29) is 5.91 Å². The Balaban J connectivity index is 2.18. The summed E-state index contributed by atoms with van der Waals surface area (Å²) < 4.78 is 0. The lowest BCUT2D eigenvalue weighted by Gasteiger charge is -2.06. The molecule has 2 aromatic rings. The number of amides is 1. The van der Waals surface area contributed by atoms with Gasteiger partial charge < -0.3 is 5.32 Å². The number of halogens is 1. The van der Waals surface area contributed by atoms with E-state index in [0.29, 0.717) is 10.7 Å². The van der Waals surface area contributed by atoms with E-state index in [2.05, 4.69) is 15.5 Å². The van der Waals surface area contributed by atoms with E-state index in [1.165, 1.54) is 0 Å². The third kappa shape index (κ3) is 2.65. The van der Waals surface area contributed by atoms with Crippen molar-refractivity contribution in [2.24, 2.45) is 0 Å². The van der Waals surface area contributed by atoms with Gasteiger partial charge in [-0.2, -0.15) is 5.10 Å². The number of H-pyrrole nitrogens is 1. The monoisotopic (exact) mass is 249 g/mol. The summed E-state index contributed by atoms with van der Waals surface area (Å²) in [6.45, 7) is 3.73. The van der Waals surface area contributed by atoms with Crippen LogP contribution in [0.15, 0.2) is 24.3 Å². The zero-order valence-electron chi connectivity index (χ0n) is 9.54. The molecule has 0 unspecified atom stereocenters. The molecule has 1 aromatic carbocycles. The van der Waals surface area contributed by atoms with Crippen molar-refractivity contribution in [2.45, 2.75) is 13.8 Å². The molecule has 0 bridgehead atoms. The third-order valence-corrected chi connectivity index (χ3v) is 2.61. The predicted octanol–water partition coefficient (Wildman–Crippen LogP) is 2.93. The van der Waals surface area contributed by atoms with Crippen LogP contribution in [0.25, 0.3) is 0 Å². The molecule has 2 N–H and O–H groups in total. The number of anilines is 1. The van der Waals surface area contributed by atoms with Crippen LogP contribution >= 0.6 is 11.6 Å². The molecule has 0 saturated heterocycles. The quantitative estimate of drug-likeness (QED) is 0.860. The molecule has 0 spiro atoms. The summed E-state index contributed by atoms with van der Waals surface area (Å²) in [6.07, 6.45) is 0. The molecule has 2 rings (SSSR count). The summed E-state index contributed by atoms with van der Waals surface area (Å²) >= 11 is 5.84. The Kier molecular flexibility index (Phi) is 3.15. The minimum Gasteiger partial charge on any atom is -0.320 e. The number of carbonyl (C=O) groups excluding carboxylic acids is 1. The number of rotatable bonds is 2. The normalized spacial score (nSPS) is 10.3. The molecule has 0 atom stereocenters. The highest BCUT2D eigenvalue weighted by atomic mass is 35.5. The SMILES string of the molecule is Cc1cc(C(=O)Nc2ccc(Cl)cc2C)n[nH]1. The minimum absolute atomic E-state index is 0.236. The number of nitrogens with zero attached hydrogens (tertiary/aromatic N) is 1. The van der Waals surface area contributed by atoms with E-state index in [4.69, 9.17) is 11.6 Å². The van der Waals surface area contributed by atoms with Crippen molar-refractivity contribution in [3.8, 4) is 0 Å². The fourth-order valence-corrected chi connectivity index (χ4v) is 1.71. The average molecular weight is 250 g/mol. The van der Waals surface area contributed by atoms with E-state index in [0.717, 1.165) is 16.9 Å². The predicted molar refractivity (Wildman–Crippen MR) is 67.5 cm³/mol. The van der Waals surface area contributed by atoms with Gasteiger partial charge in [-0.1, -0.05) is 11.6 Å². The summed E-state index contributed by atoms with van der Waals surface area (Å²) in [5, 5.41) is 10.1. The molecular formula is C12H12ClN3O. The highest BCUT2D eigenvalue weighted by Gasteiger charge is 2.10. The Hall–Kier alpha value is -1.81. The summed E-state index contributed by atoms with van der Waals surface area (Å²) in [6, 6.07) is 7.00. The van der Waals surface area contributed by atoms with E-state index < -0.39 is 0 Å². The van der Waals surface area contributed by atoms with Gasteiger partial charge in [-0.15, -0.1) is 0 Å². The van der Waals surface area contributed by atoms with Crippen LogP contribution < -0.4 is 5.32 Å². The van der Waals surface area contributed by atoms with Crippen molar-refractivity contribution >= 4 is 23.2 Å². The molecule has 17 heavy (non-hydrogen) atoms. The molecule has 1 heterocycles. The van der Waals surface area contributed by atoms with Crippen LogP contribution in [-0.2, 0) is 0 Å². The maximum absolute atomic E-state index is 11.8. The van der Waals surface area contributed by atoms with Crippen LogP contribution in [0.1, 0.15) is 21.7 Å². The van der Waals surface area contributed by atoms with Gasteiger partial charge in [-0.25, -0.2) is 0 Å². The van der Waals surface area contributed by atoms with Crippen molar-refractivity contribution in [3.63, 3.8) is 0 Å². The van der Waals surface area contributed by atoms with Crippen molar-refractivity contribution in [3.05, 3.63) is 46.2 Å². The number of benzene rings is 1. The Morgan fingerprint density at radius 2 is 2.12 bits per heavy atom. The molecule has 0 radical (unpaired) electrons. The Morgan fingerprint density at radius 1 is 1.35 bits per heavy atom. The van der Waals surface area contributed by atoms with E-state index in [1.54, 1.807) is 24.3 Å². The van der Waals surface area contributed by atoms with Gasteiger partial charge in [0.05, 0.1) is 0 Å². The van der Waals surface area contributed by atoms with Gasteiger partial charge >= 0.3 is 0 Å². The highest BCUT2D eigenvalue weighted by Crippen LogP contribution is 2.20. The van der Waals surface area contributed by atoms with E-state index in [9.17, 15) is 4.79 Å². The van der Waals surface area contributed by atoms with Crippen molar-refractivity contribution < 1.29 is 4.79 Å². The molecule has 0 aliphatic rings. The van der Waals surface area contributed by atoms with Gasteiger partial charge in [0.2, 0.25) is 0 Å². The largest absolute Gasteiger partial charge is 0.320 e. The number of aryl methyl sites for hydroxylation is 2. The first-order valence-corrected chi connectivity index (χ1v) is 5.53. The topological polar surface area (TPSA) is 57.8 Å². The fraction of sp³-hybridized carbons (Fsp3) is 0.167. The van der Waals surface area contributed by atoms with Crippen LogP contribution in [0.4, 0.5) is 5.69 Å². The van der Waals surface area contributed by atoms with Crippen LogP contribution in [0.5, 0.6) is 0 Å². The molecule has 0 fully saturated rings. The molecular weight excluding hydrogens is 238 g/mol. The van der Waals surface area contributed by atoms with Crippen LogP contribution in [0, 0.1) is 13.8 Å². The number of aromatic nitrogens is 2. The van der Waals surface area contributed by atoms with Gasteiger partial charge in [0.25, 0.3) is 5.91 Å². The molecule has 4 nitrogen and oxygen atoms in total. The van der Waals surface area contributed by atoms with Crippen molar-refractivity contribution in [1.82, 2.24) is 10.2 Å². The summed E-state index contributed by atoms with van der Waals surface area (Å²) in [5.74, 6) is -0.236. The standard InChI is InChI=1S/C12H12ClN3O/c1-7-5-9(13)3-4-10(7)14-12(17)11-6-8(2)15-16-11/h3-6H,1-2H3,(H,14,17)(H,15,16). The first-order valence-electron chi connectivity index (χ1n) is 5.16. The van der Waals surface area contributed by atoms with Gasteiger partial charge in [0.15, 0.2) is 5.69 Å². The summed E-state index contributed by atoms with van der Waals surface area (Å²) in [5.41, 5.74) is 2.87. The second-order valence-electron chi connectivity index (χ2n) is 3.85. The van der Waals surface area contributed by atoms with Gasteiger partial charge in [0.1, 0.15) is 0 Å². The number of nitrogens with one attached hydrogen (secondary N) is 2. The molecule has 1 amide bonds. The van der Waals surface area contributed by atoms with Gasteiger partial charge in [-0.3, -0.25) is 9.89 Å². The molecule has 0 saturated carbocycles. The number of hydrogen-bond acceptors (Lipinski definition) is 2. The lowest BCUT2D eigenvalue weighted by Crippen LogP contribution is -2.13. The van der Waals surface area contributed by atoms with Crippen LogP contribution in [0.2, 0.25) is 5.02 Å². The number of hydrogen-bond donors (Lipinski definition) is 2. The smallest absolute Gasteiger partial charge is 0.276 e. The molecule has 5 heteroatoms. The number of carbonyl (C=O) groups is 1. The van der Waals surface area contributed by atoms with E-state index >= 15 is 0 Å². The van der Waals surface area contributed by atoms with Crippen molar-refractivity contribution in [2.75, 3.05) is 5.32 Å². The highest BCUT2D eigenvalue weighted by molar-refractivity contribution is 6.30. The molecule has 0 aliphatic carbocycles. The second-order valence-corrected chi connectivity index (χ2v) is 4.29. The zero-order valence-corrected chi connectivity index (χ0v) is 10.3. The van der Waals surface area contributed by atoms with Gasteiger partial charge in [-0.05, 0) is 43.7 Å². The molecule has 1 aromatic heterocycles. The molecule has 0 aliphatic heterocycles. The van der Waals surface area contributed by atoms with E-state index in [1.807, 2.05) is 13.8 Å². The fourth-order valence-electron chi connectivity index (χ4n) is 1.49. The Labute approximate surface area is 104 Å². The first kappa shape index (κ1) is 11.7. The minimum atomic E-state index is -0.236. The molecule has 88 valence electrons. The van der Waals surface area contributed by atoms with Gasteiger partial charge in [0, 0.05) is 16.4 Å². The second kappa shape index (κ2) is 4.59. The number of aromatic amines is 1. The maximum Gasteiger partial charge on any atom is 0.276 e. The Bertz CT molecular complexity index is 563. The maximum atomic E-state index is 11.8.